The van der Waals surface area contributed by atoms with E-state index in [1.807, 2.05) is 44.2 Å². The molecule has 2 amide bonds. The van der Waals surface area contributed by atoms with E-state index in [4.69, 9.17) is 5.73 Å². The zero-order valence-electron chi connectivity index (χ0n) is 20.2. The molecule has 2 atom stereocenters. The molecule has 0 radical (unpaired) electrons. The average molecular weight is 544 g/mol. The Hall–Kier alpha value is -1.98. The fraction of sp³-hybridized carbons (Fsp3) is 0.500. The molecule has 0 saturated carbocycles. The summed E-state index contributed by atoms with van der Waals surface area (Å²) in [6, 6.07) is 10.9. The summed E-state index contributed by atoms with van der Waals surface area (Å²) in [4.78, 5) is 28.0. The first-order valence-corrected chi connectivity index (χ1v) is 13.9. The lowest BCUT2D eigenvalue weighted by molar-refractivity contribution is -0.133. The second-order valence-corrected chi connectivity index (χ2v) is 12.6. The van der Waals surface area contributed by atoms with Crippen LogP contribution in [0.4, 0.5) is 0 Å². The molecule has 0 spiro atoms. The van der Waals surface area contributed by atoms with Crippen LogP contribution in [-0.2, 0) is 30.6 Å². The molecule has 1 aromatic carbocycles. The van der Waals surface area contributed by atoms with Crippen LogP contribution >= 0.6 is 23.7 Å². The Morgan fingerprint density at radius 1 is 1.17 bits per heavy atom. The van der Waals surface area contributed by atoms with Crippen LogP contribution in [0.5, 0.6) is 0 Å². The maximum atomic E-state index is 13.7. The van der Waals surface area contributed by atoms with Gasteiger partial charge in [0.1, 0.15) is 4.75 Å². The van der Waals surface area contributed by atoms with Gasteiger partial charge in [-0.2, -0.15) is 0 Å². The fourth-order valence-electron chi connectivity index (χ4n) is 4.23. The standard InChI is InChI=1S/C24H33N3O5S2.ClH/c1-4-17-5-7-18(8-6-17)19-9-10-20(33-19)24(15-21(28)26-30)11-12-27(13-14-34(24,31)32)23(29)22(25)16(2)3;/h5-10,16,22,30H,4,11-15,25H2,1-3H3,(H,26,28);1H/t22-,24-;/m0./s1. The number of hydroxylamine groups is 1. The smallest absolute Gasteiger partial charge is 0.245 e. The highest BCUT2D eigenvalue weighted by Crippen LogP contribution is 2.45. The quantitative estimate of drug-likeness (QED) is 0.363. The molecule has 194 valence electrons. The predicted molar refractivity (Wildman–Crippen MR) is 140 cm³/mol. The van der Waals surface area contributed by atoms with Gasteiger partial charge < -0.3 is 10.6 Å². The lowest BCUT2D eigenvalue weighted by atomic mass is 9.96. The first-order chi connectivity index (χ1) is 16.0. The van der Waals surface area contributed by atoms with E-state index in [-0.39, 0.29) is 49.5 Å². The topological polar surface area (TPSA) is 130 Å². The SMILES string of the molecule is CCc1ccc(-c2ccc([C@@]3(CC(=O)NO)CCN(C(=O)[C@@H](N)C(C)C)CCS3(=O)=O)s2)cc1.Cl. The van der Waals surface area contributed by atoms with Gasteiger partial charge in [0, 0.05) is 22.8 Å². The van der Waals surface area contributed by atoms with Crippen LogP contribution in [0.1, 0.15) is 44.1 Å². The van der Waals surface area contributed by atoms with Crippen LogP contribution in [0.2, 0.25) is 0 Å². The number of hydrogen-bond acceptors (Lipinski definition) is 7. The zero-order chi connectivity index (χ0) is 25.1. The number of sulfone groups is 1. The summed E-state index contributed by atoms with van der Waals surface area (Å²) >= 11 is 1.32. The summed E-state index contributed by atoms with van der Waals surface area (Å²) < 4.78 is 25.8. The van der Waals surface area contributed by atoms with E-state index in [0.29, 0.717) is 4.88 Å². The van der Waals surface area contributed by atoms with Gasteiger partial charge in [0.25, 0.3) is 0 Å². The number of carbonyl (C=O) groups is 2. The van der Waals surface area contributed by atoms with Crippen LogP contribution in [0, 0.1) is 5.92 Å². The third kappa shape index (κ3) is 6.06. The van der Waals surface area contributed by atoms with Gasteiger partial charge in [-0.15, -0.1) is 23.7 Å². The van der Waals surface area contributed by atoms with Gasteiger partial charge in [0.15, 0.2) is 9.84 Å². The van der Waals surface area contributed by atoms with Gasteiger partial charge in [0.05, 0.1) is 18.2 Å². The van der Waals surface area contributed by atoms with Crippen molar-refractivity contribution < 1.29 is 23.2 Å². The minimum Gasteiger partial charge on any atom is -0.340 e. The van der Waals surface area contributed by atoms with Crippen LogP contribution < -0.4 is 11.2 Å². The number of nitrogens with one attached hydrogen (secondary N) is 1. The first kappa shape index (κ1) is 29.3. The van der Waals surface area contributed by atoms with Crippen LogP contribution in [0.25, 0.3) is 10.4 Å². The van der Waals surface area contributed by atoms with Gasteiger partial charge in [0.2, 0.25) is 11.8 Å². The number of hydrogen-bond donors (Lipinski definition) is 3. The molecule has 3 rings (SSSR count). The molecule has 1 aromatic heterocycles. The molecule has 1 fully saturated rings. The Kier molecular flexibility index (Phi) is 9.89. The summed E-state index contributed by atoms with van der Waals surface area (Å²) in [5.41, 5.74) is 9.79. The number of nitrogens with zero attached hydrogens (tertiary/aromatic N) is 1. The number of carbonyl (C=O) groups excluding carboxylic acids is 2. The van der Waals surface area contributed by atoms with Crippen molar-refractivity contribution in [2.75, 3.05) is 18.8 Å². The van der Waals surface area contributed by atoms with E-state index in [0.717, 1.165) is 16.9 Å². The molecular formula is C24H34ClN3O5S2. The van der Waals surface area contributed by atoms with E-state index < -0.39 is 33.0 Å². The maximum absolute atomic E-state index is 13.7. The number of nitrogens with two attached hydrogens (primary N) is 1. The molecular weight excluding hydrogens is 510 g/mol. The minimum atomic E-state index is -3.87. The van der Waals surface area contributed by atoms with Gasteiger partial charge in [-0.05, 0) is 42.0 Å². The highest BCUT2D eigenvalue weighted by molar-refractivity contribution is 7.92. The minimum absolute atomic E-state index is 0. The molecule has 1 saturated heterocycles. The monoisotopic (exact) mass is 543 g/mol. The summed E-state index contributed by atoms with van der Waals surface area (Å²) in [6.07, 6.45) is 0.524. The van der Waals surface area contributed by atoms with Crippen molar-refractivity contribution in [1.82, 2.24) is 10.4 Å². The van der Waals surface area contributed by atoms with E-state index in [1.165, 1.54) is 21.8 Å². The molecule has 8 nitrogen and oxygen atoms in total. The Morgan fingerprint density at radius 2 is 1.83 bits per heavy atom. The van der Waals surface area contributed by atoms with Crippen molar-refractivity contribution in [3.05, 3.63) is 46.8 Å². The second kappa shape index (κ2) is 11.8. The summed E-state index contributed by atoms with van der Waals surface area (Å²) in [6.45, 7) is 5.92. The van der Waals surface area contributed by atoms with Crippen LogP contribution in [0.3, 0.4) is 0 Å². The first-order valence-electron chi connectivity index (χ1n) is 11.4. The third-order valence-electron chi connectivity index (χ3n) is 6.60. The van der Waals surface area contributed by atoms with E-state index in [9.17, 15) is 23.2 Å². The average Bonchev–Trinajstić information content (AvgIpc) is 3.27. The van der Waals surface area contributed by atoms with Crippen molar-refractivity contribution in [2.24, 2.45) is 11.7 Å². The van der Waals surface area contributed by atoms with Crippen molar-refractivity contribution in [1.29, 1.82) is 0 Å². The molecule has 35 heavy (non-hydrogen) atoms. The predicted octanol–water partition coefficient (Wildman–Crippen LogP) is 3.12. The molecule has 4 N–H and O–H groups in total. The highest BCUT2D eigenvalue weighted by atomic mass is 35.5. The summed E-state index contributed by atoms with van der Waals surface area (Å²) in [5, 5.41) is 9.20. The number of thiophene rings is 1. The molecule has 2 heterocycles. The van der Waals surface area contributed by atoms with Crippen molar-refractivity contribution >= 4 is 45.4 Å². The lowest BCUT2D eigenvalue weighted by Crippen LogP contribution is -2.47. The van der Waals surface area contributed by atoms with Crippen LogP contribution in [-0.4, -0.2) is 55.2 Å². The van der Waals surface area contributed by atoms with E-state index in [1.54, 1.807) is 11.5 Å². The second-order valence-electron chi connectivity index (χ2n) is 9.08. The van der Waals surface area contributed by atoms with Gasteiger partial charge >= 0.3 is 0 Å². The normalized spacial score (nSPS) is 20.6. The van der Waals surface area contributed by atoms with Crippen molar-refractivity contribution in [3.63, 3.8) is 0 Å². The molecule has 2 aromatic rings. The largest absolute Gasteiger partial charge is 0.340 e. The number of benzene rings is 1. The summed E-state index contributed by atoms with van der Waals surface area (Å²) in [5.74, 6) is -1.46. The van der Waals surface area contributed by atoms with Gasteiger partial charge in [-0.1, -0.05) is 45.0 Å². The zero-order valence-corrected chi connectivity index (χ0v) is 22.6. The number of rotatable bonds is 7. The lowest BCUT2D eigenvalue weighted by Gasteiger charge is -2.30. The molecule has 0 aliphatic carbocycles. The molecule has 1 aliphatic heterocycles. The molecule has 1 aliphatic rings. The number of aryl methyl sites for hydroxylation is 1. The van der Waals surface area contributed by atoms with Crippen molar-refractivity contribution in [3.8, 4) is 10.4 Å². The Labute approximate surface area is 217 Å². The van der Waals surface area contributed by atoms with Gasteiger partial charge in [-0.3, -0.25) is 14.8 Å². The van der Waals surface area contributed by atoms with E-state index in [2.05, 4.69) is 6.92 Å². The van der Waals surface area contributed by atoms with E-state index >= 15 is 0 Å². The maximum Gasteiger partial charge on any atom is 0.245 e. The number of amides is 2. The van der Waals surface area contributed by atoms with Crippen LogP contribution in [0.15, 0.2) is 36.4 Å². The molecule has 11 heteroatoms. The third-order valence-corrected chi connectivity index (χ3v) is 10.5. The van der Waals surface area contributed by atoms with Gasteiger partial charge in [-0.25, -0.2) is 13.9 Å². The van der Waals surface area contributed by atoms with Crippen molar-refractivity contribution in [2.45, 2.75) is 50.8 Å². The summed E-state index contributed by atoms with van der Waals surface area (Å²) in [7, 11) is -3.87. The molecule has 0 unspecified atom stereocenters. The fourth-order valence-corrected chi connectivity index (χ4v) is 7.84. The molecule has 0 bridgehead atoms. The Bertz CT molecular complexity index is 1130. The Balaban J connectivity index is 0.00000432. The highest BCUT2D eigenvalue weighted by Gasteiger charge is 2.50. The Morgan fingerprint density at radius 3 is 2.40 bits per heavy atom. The number of halogens is 1.